The van der Waals surface area contributed by atoms with E-state index in [1.165, 1.54) is 6.07 Å². The molecule has 0 radical (unpaired) electrons. The fourth-order valence-corrected chi connectivity index (χ4v) is 5.69. The fourth-order valence-electron chi connectivity index (χ4n) is 2.30. The van der Waals surface area contributed by atoms with E-state index in [4.69, 9.17) is 31.6 Å². The Bertz CT molecular complexity index is 1030. The molecule has 0 amide bonds. The van der Waals surface area contributed by atoms with Crippen molar-refractivity contribution < 1.29 is 61.4 Å². The van der Waals surface area contributed by atoms with Gasteiger partial charge in [0.05, 0.1) is 0 Å². The van der Waals surface area contributed by atoms with Crippen LogP contribution in [0.3, 0.4) is 0 Å². The van der Waals surface area contributed by atoms with Gasteiger partial charge in [0, 0.05) is 6.20 Å². The highest BCUT2D eigenvalue weighted by atomic mass is 32.1. The first kappa shape index (κ1) is 24.7. The van der Waals surface area contributed by atoms with Crippen LogP contribution in [0.2, 0.25) is 0 Å². The number of phosphoric ester groups is 1. The van der Waals surface area contributed by atoms with Crippen molar-refractivity contribution in [2.45, 2.75) is 31.1 Å². The smallest absolute Gasteiger partial charge is 0.385 e. The van der Waals surface area contributed by atoms with E-state index >= 15 is 0 Å². The predicted octanol–water partition coefficient (Wildman–Crippen LogP) is -0.784. The average Bonchev–Trinajstić information content (AvgIpc) is 2.67. The molecule has 29 heavy (non-hydrogen) atoms. The van der Waals surface area contributed by atoms with Gasteiger partial charge in [0.15, 0.2) is 6.23 Å². The standard InChI is InChI=1S/C9H15N2O14P3S/c1-9(23-27(18,19)25-28(20,21)24-26(15,16)17)6(13)5(12)7(22-9)11-3-2-4(29)10-8(11)14/h2-3,5-7,12-13H,1H3,(H,18,19)(H,20,21)(H,10,14,29)(H2,15,16,17)/t5-,6+,7+,9+/m0/s1. The number of rotatable bonds is 7. The minimum atomic E-state index is -5.82. The summed E-state index contributed by atoms with van der Waals surface area (Å²) >= 11 is 4.74. The molecule has 2 heterocycles. The van der Waals surface area contributed by atoms with Crippen molar-refractivity contribution >= 4 is 35.7 Å². The highest BCUT2D eigenvalue weighted by Crippen LogP contribution is 2.67. The van der Waals surface area contributed by atoms with Gasteiger partial charge >= 0.3 is 29.2 Å². The van der Waals surface area contributed by atoms with Crippen molar-refractivity contribution in [2.24, 2.45) is 0 Å². The second-order valence-corrected chi connectivity index (χ2v) is 10.4. The molecular weight excluding hydrogens is 485 g/mol. The van der Waals surface area contributed by atoms with Gasteiger partial charge in [-0.05, 0) is 13.0 Å². The van der Waals surface area contributed by atoms with E-state index in [2.05, 4.69) is 18.1 Å². The first-order valence-corrected chi connectivity index (χ1v) is 12.1. The van der Waals surface area contributed by atoms with Crippen LogP contribution in [0, 0.1) is 4.64 Å². The van der Waals surface area contributed by atoms with E-state index in [9.17, 15) is 33.6 Å². The number of hydrogen-bond acceptors (Lipinski definition) is 11. The van der Waals surface area contributed by atoms with Crippen LogP contribution in [0.5, 0.6) is 0 Å². The first-order valence-electron chi connectivity index (χ1n) is 7.15. The molecule has 0 aliphatic carbocycles. The molecular formula is C9H15N2O14P3S. The van der Waals surface area contributed by atoms with Crippen LogP contribution >= 0.6 is 35.7 Å². The molecule has 20 heteroatoms. The molecule has 2 rings (SSSR count). The Labute approximate surface area is 165 Å². The maximum Gasteiger partial charge on any atom is 0.490 e. The summed E-state index contributed by atoms with van der Waals surface area (Å²) in [7, 11) is -17.1. The lowest BCUT2D eigenvalue weighted by Gasteiger charge is -2.29. The maximum atomic E-state index is 12.0. The number of phosphoric acid groups is 3. The molecule has 7 N–H and O–H groups in total. The molecule has 2 unspecified atom stereocenters. The van der Waals surface area contributed by atoms with Gasteiger partial charge in [0.1, 0.15) is 16.8 Å². The van der Waals surface area contributed by atoms with E-state index in [1.807, 2.05) is 0 Å². The summed E-state index contributed by atoms with van der Waals surface area (Å²) in [6.45, 7) is 0.815. The number of aromatic nitrogens is 2. The molecule has 1 aliphatic rings. The number of hydrogen-bond donors (Lipinski definition) is 7. The zero-order valence-electron chi connectivity index (χ0n) is 14.0. The number of nitrogens with zero attached hydrogens (tertiary/aromatic N) is 1. The largest absolute Gasteiger partial charge is 0.490 e. The molecule has 166 valence electrons. The van der Waals surface area contributed by atoms with E-state index in [0.717, 1.165) is 17.7 Å². The van der Waals surface area contributed by atoms with Crippen LogP contribution in [-0.4, -0.2) is 57.3 Å². The van der Waals surface area contributed by atoms with Crippen molar-refractivity contribution in [3.63, 3.8) is 0 Å². The number of nitrogens with one attached hydrogen (secondary N) is 1. The third kappa shape index (κ3) is 6.19. The lowest BCUT2D eigenvalue weighted by Crippen LogP contribution is -2.42. The van der Waals surface area contributed by atoms with Gasteiger partial charge in [0.2, 0.25) is 5.79 Å². The summed E-state index contributed by atoms with van der Waals surface area (Å²) in [5.41, 5.74) is -0.878. The van der Waals surface area contributed by atoms with Crippen LogP contribution in [0.25, 0.3) is 0 Å². The topological polar surface area (TPSA) is 247 Å². The zero-order valence-corrected chi connectivity index (χ0v) is 17.5. The minimum absolute atomic E-state index is 0.0373. The first-order chi connectivity index (χ1) is 12.9. The summed E-state index contributed by atoms with van der Waals surface area (Å²) in [6, 6.07) is 1.23. The molecule has 16 nitrogen and oxygen atoms in total. The van der Waals surface area contributed by atoms with Gasteiger partial charge in [-0.25, -0.2) is 18.5 Å². The molecule has 0 bridgehead atoms. The van der Waals surface area contributed by atoms with Crippen molar-refractivity contribution in [1.82, 2.24) is 9.55 Å². The van der Waals surface area contributed by atoms with E-state index in [-0.39, 0.29) is 4.64 Å². The Morgan fingerprint density at radius 1 is 1.17 bits per heavy atom. The Morgan fingerprint density at radius 2 is 1.76 bits per heavy atom. The van der Waals surface area contributed by atoms with Gasteiger partial charge in [-0.3, -0.25) is 14.1 Å². The second kappa shape index (κ2) is 8.15. The third-order valence-corrected chi connectivity index (χ3v) is 7.50. The maximum absolute atomic E-state index is 12.0. The van der Waals surface area contributed by atoms with Gasteiger partial charge in [-0.2, -0.15) is 8.62 Å². The molecule has 0 spiro atoms. The summed E-state index contributed by atoms with van der Waals surface area (Å²) in [6.07, 6.45) is -4.60. The van der Waals surface area contributed by atoms with E-state index in [0.29, 0.717) is 0 Å². The quantitative estimate of drug-likeness (QED) is 0.179. The summed E-state index contributed by atoms with van der Waals surface area (Å²) in [5.74, 6) is -2.59. The summed E-state index contributed by atoms with van der Waals surface area (Å²) < 4.78 is 51.5. The van der Waals surface area contributed by atoms with E-state index in [1.54, 1.807) is 0 Å². The molecule has 6 atom stereocenters. The van der Waals surface area contributed by atoms with Crippen molar-refractivity contribution in [3.05, 3.63) is 27.4 Å². The fraction of sp³-hybridized carbons (Fsp3) is 0.556. The third-order valence-electron chi connectivity index (χ3n) is 3.35. The Kier molecular flexibility index (Phi) is 6.93. The van der Waals surface area contributed by atoms with Crippen molar-refractivity contribution in [3.8, 4) is 0 Å². The molecule has 0 aromatic carbocycles. The monoisotopic (exact) mass is 500 g/mol. The Balaban J connectivity index is 2.26. The summed E-state index contributed by atoms with van der Waals surface area (Å²) in [4.78, 5) is 49.9. The lowest BCUT2D eigenvalue weighted by atomic mass is 10.1. The molecule has 1 aliphatic heterocycles. The Hall–Kier alpha value is -0.610. The summed E-state index contributed by atoms with van der Waals surface area (Å²) in [5, 5.41) is 20.2. The van der Waals surface area contributed by atoms with Crippen molar-refractivity contribution in [2.75, 3.05) is 0 Å². The molecule has 1 aromatic rings. The predicted molar refractivity (Wildman–Crippen MR) is 91.4 cm³/mol. The van der Waals surface area contributed by atoms with Crippen LogP contribution < -0.4 is 5.69 Å². The SMILES string of the molecule is C[C@]1(OP(=O)(O)OP(=O)(O)OP(=O)(O)O)O[C@@H](n2ccc(=S)[nH]c2=O)[C@@H](O)[C@H]1O. The Morgan fingerprint density at radius 3 is 2.28 bits per heavy atom. The molecule has 1 saturated heterocycles. The molecule has 1 aromatic heterocycles. The van der Waals surface area contributed by atoms with Gasteiger partial charge in [-0.1, -0.05) is 12.2 Å². The molecule has 1 fully saturated rings. The van der Waals surface area contributed by atoms with Crippen LogP contribution in [0.1, 0.15) is 13.2 Å². The van der Waals surface area contributed by atoms with Crippen LogP contribution in [0.15, 0.2) is 17.1 Å². The number of ether oxygens (including phenoxy) is 1. The van der Waals surface area contributed by atoms with E-state index < -0.39 is 53.4 Å². The second-order valence-electron chi connectivity index (χ2n) is 5.66. The number of aliphatic hydroxyl groups is 2. The van der Waals surface area contributed by atoms with Crippen LogP contribution in [-0.2, 0) is 31.6 Å². The average molecular weight is 500 g/mol. The number of aromatic amines is 1. The minimum Gasteiger partial charge on any atom is -0.385 e. The van der Waals surface area contributed by atoms with Gasteiger partial charge in [-0.15, -0.1) is 0 Å². The molecule has 0 saturated carbocycles. The van der Waals surface area contributed by atoms with Crippen LogP contribution in [0.4, 0.5) is 0 Å². The highest BCUT2D eigenvalue weighted by molar-refractivity contribution is 7.71. The lowest BCUT2D eigenvalue weighted by molar-refractivity contribution is -0.214. The zero-order chi connectivity index (χ0) is 22.4. The number of aliphatic hydroxyl groups excluding tert-OH is 2. The van der Waals surface area contributed by atoms with Gasteiger partial charge in [0.25, 0.3) is 0 Å². The highest BCUT2D eigenvalue weighted by Gasteiger charge is 2.57. The number of H-pyrrole nitrogens is 1. The van der Waals surface area contributed by atoms with Crippen molar-refractivity contribution in [1.29, 1.82) is 0 Å². The normalized spacial score (nSPS) is 31.9. The van der Waals surface area contributed by atoms with Gasteiger partial charge < -0.3 is 34.5 Å².